The number of hydrogen-bond acceptors (Lipinski definition) is 6. The molecular weight excluding hydrogens is 388 g/mol. The number of nitrogens with zero attached hydrogens (tertiary/aromatic N) is 4. The first-order valence-corrected chi connectivity index (χ1v) is 11.2. The van der Waals surface area contributed by atoms with Crippen LogP contribution in [0.4, 0.5) is 0 Å². The van der Waals surface area contributed by atoms with E-state index in [1.165, 1.54) is 0 Å². The van der Waals surface area contributed by atoms with Crippen molar-refractivity contribution in [3.05, 3.63) is 60.2 Å². The van der Waals surface area contributed by atoms with Crippen molar-refractivity contribution in [2.45, 2.75) is 52.6 Å². The zero-order valence-corrected chi connectivity index (χ0v) is 18.9. The van der Waals surface area contributed by atoms with Crippen LogP contribution in [0.2, 0.25) is 0 Å². The lowest BCUT2D eigenvalue weighted by molar-refractivity contribution is 0.236. The Morgan fingerprint density at radius 2 is 1.23 bits per heavy atom. The van der Waals surface area contributed by atoms with Crippen LogP contribution in [-0.4, -0.2) is 47.1 Å². The van der Waals surface area contributed by atoms with Crippen LogP contribution in [0.3, 0.4) is 0 Å². The van der Waals surface area contributed by atoms with E-state index in [9.17, 15) is 0 Å². The molecule has 2 aliphatic rings. The molecule has 2 atom stereocenters. The van der Waals surface area contributed by atoms with E-state index >= 15 is 0 Å². The minimum atomic E-state index is -0.671. The predicted octanol–water partition coefficient (Wildman–Crippen LogP) is 4.15. The molecule has 0 amide bonds. The van der Waals surface area contributed by atoms with Crippen LogP contribution < -0.4 is 0 Å². The minimum Gasteiger partial charge on any atom is -0.478 e. The van der Waals surface area contributed by atoms with Gasteiger partial charge in [-0.15, -0.1) is 0 Å². The summed E-state index contributed by atoms with van der Waals surface area (Å²) in [6.07, 6.45) is 4.84. The summed E-state index contributed by atoms with van der Waals surface area (Å²) in [5, 5.41) is 0. The summed E-state index contributed by atoms with van der Waals surface area (Å²) in [7, 11) is 0. The lowest BCUT2D eigenvalue weighted by Crippen LogP contribution is -2.44. The number of ether oxygens (including phenoxy) is 2. The molecule has 0 fully saturated rings. The molecule has 0 bridgehead atoms. The van der Waals surface area contributed by atoms with E-state index in [1.807, 2.05) is 48.8 Å². The molecule has 0 N–H and O–H groups in total. The van der Waals surface area contributed by atoms with Gasteiger partial charge in [0.25, 0.3) is 0 Å². The molecule has 2 aromatic rings. The van der Waals surface area contributed by atoms with Crippen LogP contribution in [0.25, 0.3) is 0 Å². The SMILES string of the molecule is CC(C)[C@H]1COC(C(Cc2ccccn2)(Cc2ccccn2)C2=N[C@@H](C(C)C)CO2)=N1. The van der Waals surface area contributed by atoms with E-state index < -0.39 is 5.41 Å². The molecule has 0 saturated heterocycles. The smallest absolute Gasteiger partial charge is 0.200 e. The van der Waals surface area contributed by atoms with Gasteiger partial charge in [-0.2, -0.15) is 0 Å². The lowest BCUT2D eigenvalue weighted by Gasteiger charge is -2.31. The monoisotopic (exact) mass is 420 g/mol. The lowest BCUT2D eigenvalue weighted by atomic mass is 9.77. The molecule has 0 unspecified atom stereocenters. The normalized spacial score (nSPS) is 21.1. The Morgan fingerprint density at radius 1 is 0.774 bits per heavy atom. The van der Waals surface area contributed by atoms with Gasteiger partial charge in [-0.25, -0.2) is 9.98 Å². The van der Waals surface area contributed by atoms with Crippen molar-refractivity contribution in [3.8, 4) is 0 Å². The van der Waals surface area contributed by atoms with Crippen LogP contribution in [0, 0.1) is 17.3 Å². The third-order valence-corrected chi connectivity index (χ3v) is 6.12. The maximum Gasteiger partial charge on any atom is 0.200 e. The largest absolute Gasteiger partial charge is 0.478 e. The zero-order valence-electron chi connectivity index (χ0n) is 18.9. The molecule has 4 heterocycles. The summed E-state index contributed by atoms with van der Waals surface area (Å²) < 4.78 is 12.6. The number of hydrogen-bond donors (Lipinski definition) is 0. The Morgan fingerprint density at radius 3 is 1.55 bits per heavy atom. The number of aliphatic imine (C=N–C) groups is 2. The molecule has 2 aliphatic heterocycles. The minimum absolute atomic E-state index is 0.129. The topological polar surface area (TPSA) is 69.0 Å². The average Bonchev–Trinajstić information content (AvgIpc) is 3.46. The summed E-state index contributed by atoms with van der Waals surface area (Å²) in [6.45, 7) is 9.88. The van der Waals surface area contributed by atoms with E-state index in [4.69, 9.17) is 19.5 Å². The molecule has 4 rings (SSSR count). The van der Waals surface area contributed by atoms with Crippen LogP contribution in [0.1, 0.15) is 39.1 Å². The second kappa shape index (κ2) is 9.16. The van der Waals surface area contributed by atoms with Gasteiger partial charge in [-0.3, -0.25) is 9.97 Å². The fourth-order valence-corrected chi connectivity index (χ4v) is 4.07. The number of aromatic nitrogens is 2. The van der Waals surface area contributed by atoms with Crippen LogP contribution >= 0.6 is 0 Å². The summed E-state index contributed by atoms with van der Waals surface area (Å²) in [6, 6.07) is 12.2. The first-order valence-electron chi connectivity index (χ1n) is 11.2. The molecule has 31 heavy (non-hydrogen) atoms. The van der Waals surface area contributed by atoms with Crippen LogP contribution in [-0.2, 0) is 22.3 Å². The van der Waals surface area contributed by atoms with Crippen molar-refractivity contribution < 1.29 is 9.47 Å². The van der Waals surface area contributed by atoms with Crippen molar-refractivity contribution in [2.24, 2.45) is 27.2 Å². The maximum atomic E-state index is 6.28. The highest BCUT2D eigenvalue weighted by atomic mass is 16.5. The van der Waals surface area contributed by atoms with Gasteiger partial charge in [0.1, 0.15) is 18.6 Å². The summed E-state index contributed by atoms with van der Waals surface area (Å²) in [5.74, 6) is 2.20. The molecule has 0 radical (unpaired) electrons. The van der Waals surface area contributed by atoms with Gasteiger partial charge in [0.2, 0.25) is 0 Å². The third-order valence-electron chi connectivity index (χ3n) is 6.12. The predicted molar refractivity (Wildman–Crippen MR) is 122 cm³/mol. The van der Waals surface area contributed by atoms with Crippen molar-refractivity contribution in [1.29, 1.82) is 0 Å². The second-order valence-corrected chi connectivity index (χ2v) is 9.19. The van der Waals surface area contributed by atoms with Crippen molar-refractivity contribution in [3.63, 3.8) is 0 Å². The van der Waals surface area contributed by atoms with Gasteiger partial charge < -0.3 is 9.47 Å². The van der Waals surface area contributed by atoms with Crippen molar-refractivity contribution >= 4 is 11.8 Å². The van der Waals surface area contributed by atoms with Crippen molar-refractivity contribution in [2.75, 3.05) is 13.2 Å². The highest BCUT2D eigenvalue weighted by Gasteiger charge is 2.50. The molecule has 6 heteroatoms. The Kier molecular flexibility index (Phi) is 6.35. The van der Waals surface area contributed by atoms with Gasteiger partial charge in [0, 0.05) is 36.6 Å². The Bertz CT molecular complexity index is 848. The van der Waals surface area contributed by atoms with Gasteiger partial charge >= 0.3 is 0 Å². The first kappa shape index (κ1) is 21.5. The van der Waals surface area contributed by atoms with E-state index in [1.54, 1.807) is 0 Å². The zero-order chi connectivity index (χ0) is 21.8. The summed E-state index contributed by atoms with van der Waals surface area (Å²) in [4.78, 5) is 19.3. The molecule has 0 saturated carbocycles. The van der Waals surface area contributed by atoms with Gasteiger partial charge in [-0.1, -0.05) is 39.8 Å². The van der Waals surface area contributed by atoms with Crippen LogP contribution in [0.15, 0.2) is 58.8 Å². The van der Waals surface area contributed by atoms with E-state index in [0.717, 1.165) is 11.4 Å². The van der Waals surface area contributed by atoms with Crippen LogP contribution in [0.5, 0.6) is 0 Å². The van der Waals surface area contributed by atoms with Gasteiger partial charge in [0.15, 0.2) is 11.8 Å². The molecule has 0 aliphatic carbocycles. The van der Waals surface area contributed by atoms with Crippen molar-refractivity contribution in [1.82, 2.24) is 9.97 Å². The number of rotatable bonds is 8. The van der Waals surface area contributed by atoms with E-state index in [0.29, 0.717) is 49.7 Å². The van der Waals surface area contributed by atoms with Gasteiger partial charge in [-0.05, 0) is 36.1 Å². The number of pyridine rings is 2. The highest BCUT2D eigenvalue weighted by molar-refractivity contribution is 6.06. The quantitative estimate of drug-likeness (QED) is 0.643. The third kappa shape index (κ3) is 4.63. The van der Waals surface area contributed by atoms with E-state index in [2.05, 4.69) is 37.7 Å². The Balaban J connectivity index is 1.83. The molecule has 6 nitrogen and oxygen atoms in total. The highest BCUT2D eigenvalue weighted by Crippen LogP contribution is 2.37. The molecule has 2 aromatic heterocycles. The molecule has 164 valence electrons. The Labute approximate surface area is 184 Å². The fourth-order valence-electron chi connectivity index (χ4n) is 4.07. The fraction of sp³-hybridized carbons (Fsp3) is 0.520. The summed E-state index contributed by atoms with van der Waals surface area (Å²) >= 11 is 0. The average molecular weight is 421 g/mol. The Hall–Kier alpha value is -2.76. The van der Waals surface area contributed by atoms with Gasteiger partial charge in [0.05, 0.1) is 12.1 Å². The molecule has 0 spiro atoms. The summed E-state index contributed by atoms with van der Waals surface area (Å²) in [5.41, 5.74) is 1.24. The standard InChI is InChI=1S/C25H32N4O2/c1-17(2)21-15-30-23(28-21)25(13-19-9-5-7-11-26-19,14-20-10-6-8-12-27-20)24-29-22(16-31-24)18(3)4/h5-12,17-18,21-22H,13-16H2,1-4H3/t21-,22-/m1/s1. The first-order chi connectivity index (χ1) is 15.0. The maximum absolute atomic E-state index is 6.28. The molecule has 0 aromatic carbocycles. The second-order valence-electron chi connectivity index (χ2n) is 9.19. The molecular formula is C25H32N4O2. The van der Waals surface area contributed by atoms with E-state index in [-0.39, 0.29) is 12.1 Å².